The van der Waals surface area contributed by atoms with Gasteiger partial charge in [0.2, 0.25) is 0 Å². The molecule has 7 heavy (non-hydrogen) atoms. The third-order valence-corrected chi connectivity index (χ3v) is 0.219. The van der Waals surface area contributed by atoms with Crippen LogP contribution in [0.25, 0.3) is 0 Å². The van der Waals surface area contributed by atoms with Crippen LogP contribution in [0.2, 0.25) is 0 Å². The average Bonchev–Trinajstić information content (AvgIpc) is 1.61. The first-order valence-corrected chi connectivity index (χ1v) is 1.32. The Balaban J connectivity index is 0. The molecular weight excluding hydrogens is 318 g/mol. The molecule has 0 aliphatic heterocycles. The number of allylic oxidation sites excluding steroid dienone is 2. The molecular formula is C4H2O2U. The molecule has 0 rings (SSSR count). The van der Waals surface area contributed by atoms with E-state index in [1.807, 2.05) is 0 Å². The van der Waals surface area contributed by atoms with E-state index >= 15 is 0 Å². The standard InChI is InChI=1S/C4H2O2.U/c5-3-1-2-4-6;/h1-2H;/q-2;+2. The minimum atomic E-state index is 0. The summed E-state index contributed by atoms with van der Waals surface area (Å²) >= 11 is 0. The Morgan fingerprint density at radius 2 is 1.29 bits per heavy atom. The molecule has 0 aromatic rings. The fourth-order valence-electron chi connectivity index (χ4n) is 0.0680. The van der Waals surface area contributed by atoms with Gasteiger partial charge in [-0.25, -0.2) is 0 Å². The molecule has 3 heteroatoms. The van der Waals surface area contributed by atoms with Crippen molar-refractivity contribution < 1.29 is 40.7 Å². The van der Waals surface area contributed by atoms with E-state index in [1.165, 1.54) is 12.6 Å². The molecule has 0 aliphatic rings. The largest absolute Gasteiger partial charge is 2.00 e. The van der Waals surface area contributed by atoms with Crippen molar-refractivity contribution >= 4 is 12.6 Å². The Hall–Kier alpha value is 0.132. The molecule has 0 saturated heterocycles. The van der Waals surface area contributed by atoms with E-state index in [0.29, 0.717) is 0 Å². The maximum atomic E-state index is 9.17. The fraction of sp³-hybridized carbons (Fsp3) is 0. The van der Waals surface area contributed by atoms with E-state index in [0.717, 1.165) is 12.2 Å². The molecule has 0 fully saturated rings. The van der Waals surface area contributed by atoms with Crippen LogP contribution in [-0.4, -0.2) is 12.6 Å². The minimum absolute atomic E-state index is 0. The fourth-order valence-corrected chi connectivity index (χ4v) is 0.0680. The van der Waals surface area contributed by atoms with Gasteiger partial charge in [0.15, 0.2) is 0 Å². The molecule has 0 saturated carbocycles. The van der Waals surface area contributed by atoms with Gasteiger partial charge in [0, 0.05) is 0 Å². The molecule has 0 aliphatic carbocycles. The average molecular weight is 320 g/mol. The Kier molecular flexibility index (Phi) is 13.8. The van der Waals surface area contributed by atoms with Gasteiger partial charge in [0.25, 0.3) is 0 Å². The molecule has 0 amide bonds. The Morgan fingerprint density at radius 3 is 1.43 bits per heavy atom. The summed E-state index contributed by atoms with van der Waals surface area (Å²) in [4.78, 5) is 18.3. The first kappa shape index (κ1) is 10.2. The van der Waals surface area contributed by atoms with Gasteiger partial charge in [-0.1, -0.05) is 0 Å². The zero-order valence-electron chi connectivity index (χ0n) is 3.47. The predicted octanol–water partition coefficient (Wildman–Crippen LogP) is -0.238. The SMILES string of the molecule is O=[C-]C=C[C-]=O.[U+2]. The van der Waals surface area contributed by atoms with E-state index in [9.17, 15) is 9.59 Å². The molecule has 0 radical (unpaired) electrons. The topological polar surface area (TPSA) is 34.1 Å². The molecule has 34 valence electrons. The van der Waals surface area contributed by atoms with Gasteiger partial charge in [0.05, 0.1) is 0 Å². The van der Waals surface area contributed by atoms with Gasteiger partial charge in [-0.3, -0.25) is 0 Å². The van der Waals surface area contributed by atoms with Crippen molar-refractivity contribution in [1.82, 2.24) is 0 Å². The molecule has 0 atom stereocenters. The first-order valence-electron chi connectivity index (χ1n) is 1.32. The molecule has 0 heterocycles. The summed E-state index contributed by atoms with van der Waals surface area (Å²) < 4.78 is 0. The van der Waals surface area contributed by atoms with Crippen molar-refractivity contribution in [3.63, 3.8) is 0 Å². The summed E-state index contributed by atoms with van der Waals surface area (Å²) in [6.45, 7) is 0. The Morgan fingerprint density at radius 1 is 1.00 bits per heavy atom. The molecule has 2 nitrogen and oxygen atoms in total. The van der Waals surface area contributed by atoms with Crippen LogP contribution < -0.4 is 0 Å². The van der Waals surface area contributed by atoms with E-state index in [4.69, 9.17) is 0 Å². The van der Waals surface area contributed by atoms with Gasteiger partial charge in [0.1, 0.15) is 0 Å². The number of carbonyl (C=O) groups excluding carboxylic acids is 2. The van der Waals surface area contributed by atoms with Gasteiger partial charge < -0.3 is 21.7 Å². The van der Waals surface area contributed by atoms with Crippen LogP contribution in [0, 0.1) is 31.1 Å². The van der Waals surface area contributed by atoms with Crippen LogP contribution in [0.5, 0.6) is 0 Å². The quantitative estimate of drug-likeness (QED) is 0.520. The summed E-state index contributed by atoms with van der Waals surface area (Å²) in [6, 6.07) is 0. The first-order chi connectivity index (χ1) is 2.91. The van der Waals surface area contributed by atoms with Crippen LogP contribution in [0.4, 0.5) is 0 Å². The zero-order chi connectivity index (χ0) is 4.83. The van der Waals surface area contributed by atoms with E-state index < -0.39 is 0 Å². The smallest absolute Gasteiger partial charge is 0.440 e. The number of hydrogen-bond acceptors (Lipinski definition) is 2. The Bertz CT molecular complexity index is 67.8. The van der Waals surface area contributed by atoms with Crippen LogP contribution >= 0.6 is 0 Å². The van der Waals surface area contributed by atoms with Crippen molar-refractivity contribution in [3.8, 4) is 0 Å². The van der Waals surface area contributed by atoms with Crippen molar-refractivity contribution in [2.45, 2.75) is 0 Å². The summed E-state index contributed by atoms with van der Waals surface area (Å²) in [7, 11) is 0. The number of hydrogen-bond donors (Lipinski definition) is 0. The zero-order valence-corrected chi connectivity index (χ0v) is 7.63. The van der Waals surface area contributed by atoms with E-state index in [2.05, 4.69) is 0 Å². The van der Waals surface area contributed by atoms with Crippen LogP contribution in [0.15, 0.2) is 12.2 Å². The van der Waals surface area contributed by atoms with Crippen molar-refractivity contribution in [1.29, 1.82) is 0 Å². The van der Waals surface area contributed by atoms with Crippen molar-refractivity contribution in [3.05, 3.63) is 12.2 Å². The van der Waals surface area contributed by atoms with Gasteiger partial charge >= 0.3 is 31.1 Å². The molecule has 0 N–H and O–H groups in total. The summed E-state index contributed by atoms with van der Waals surface area (Å²) in [5.74, 6) is 0. The molecule has 0 unspecified atom stereocenters. The summed E-state index contributed by atoms with van der Waals surface area (Å²) in [5, 5.41) is 0. The summed E-state index contributed by atoms with van der Waals surface area (Å²) in [5.41, 5.74) is 0. The van der Waals surface area contributed by atoms with E-state index in [-0.39, 0.29) is 31.1 Å². The third-order valence-electron chi connectivity index (χ3n) is 0.219. The molecule has 0 aromatic carbocycles. The van der Waals surface area contributed by atoms with Crippen LogP contribution in [0.1, 0.15) is 0 Å². The van der Waals surface area contributed by atoms with Crippen LogP contribution in [-0.2, 0) is 9.59 Å². The molecule has 0 aromatic heterocycles. The molecule has 0 bridgehead atoms. The van der Waals surface area contributed by atoms with Gasteiger partial charge in [-0.2, -0.15) is 0 Å². The maximum Gasteiger partial charge on any atom is 2.00 e. The monoisotopic (exact) mass is 320 g/mol. The van der Waals surface area contributed by atoms with Crippen molar-refractivity contribution in [2.24, 2.45) is 0 Å². The predicted molar refractivity (Wildman–Crippen MR) is 20.5 cm³/mol. The van der Waals surface area contributed by atoms with Crippen molar-refractivity contribution in [2.75, 3.05) is 0 Å². The van der Waals surface area contributed by atoms with Gasteiger partial charge in [-0.15, -0.1) is 12.6 Å². The second-order valence-electron chi connectivity index (χ2n) is 0.569. The minimum Gasteiger partial charge on any atom is -0.440 e. The third kappa shape index (κ3) is 10.7. The second-order valence-corrected chi connectivity index (χ2v) is 0.569. The summed E-state index contributed by atoms with van der Waals surface area (Å²) in [6.07, 6.45) is 4.65. The van der Waals surface area contributed by atoms with Gasteiger partial charge in [-0.05, 0) is 0 Å². The van der Waals surface area contributed by atoms with Crippen LogP contribution in [0.3, 0.4) is 0 Å². The second kappa shape index (κ2) is 9.46. The number of rotatable bonds is 2. The van der Waals surface area contributed by atoms with E-state index in [1.54, 1.807) is 0 Å². The normalized spacial score (nSPS) is 7.43. The Labute approximate surface area is 65.3 Å². The molecule has 0 spiro atoms. The maximum absolute atomic E-state index is 9.17.